The predicted molar refractivity (Wildman–Crippen MR) is 130 cm³/mol. The van der Waals surface area contributed by atoms with Gasteiger partial charge in [0, 0.05) is 13.0 Å². The maximum atomic E-state index is 8.90. The predicted octanol–water partition coefficient (Wildman–Crippen LogP) is 7.50. The Morgan fingerprint density at radius 1 is 0.800 bits per heavy atom. The number of hydrogen-bond acceptors (Lipinski definition) is 0. The van der Waals surface area contributed by atoms with E-state index in [0.717, 1.165) is 16.5 Å². The standard InChI is InChI=1S/C29H34N/c1-18(2)28(19(3)4)24-12-13-26-25(16-24)15-21(6)30(7)29(26)27-17-23-11-9-8-10-22(23)14-20(27)5/h8-19,28H,1-7H3/q+1/i15D. The number of fused-ring (bicyclic) bond motifs is 2. The van der Waals surface area contributed by atoms with Gasteiger partial charge in [0.25, 0.3) is 0 Å². The number of nitrogens with zero attached hydrogens (tertiary/aromatic N) is 1. The summed E-state index contributed by atoms with van der Waals surface area (Å²) in [6, 6.07) is 20.6. The van der Waals surface area contributed by atoms with E-state index in [0.29, 0.717) is 23.8 Å². The van der Waals surface area contributed by atoms with Gasteiger partial charge >= 0.3 is 0 Å². The molecule has 0 amide bonds. The Morgan fingerprint density at radius 2 is 1.43 bits per heavy atom. The zero-order chi connectivity index (χ0) is 22.4. The lowest BCUT2D eigenvalue weighted by molar-refractivity contribution is -0.665. The minimum absolute atomic E-state index is 0.490. The van der Waals surface area contributed by atoms with Crippen LogP contribution in [0.25, 0.3) is 32.8 Å². The lowest BCUT2D eigenvalue weighted by Crippen LogP contribution is -2.35. The van der Waals surface area contributed by atoms with Gasteiger partial charge < -0.3 is 0 Å². The molecule has 4 rings (SSSR count). The van der Waals surface area contributed by atoms with Crippen molar-refractivity contribution in [3.63, 3.8) is 0 Å². The Hall–Kier alpha value is -2.67. The second kappa shape index (κ2) is 7.87. The number of aromatic nitrogens is 1. The Bertz CT molecular complexity index is 1280. The molecule has 1 nitrogen and oxygen atoms in total. The zero-order valence-electron chi connectivity index (χ0n) is 20.4. The van der Waals surface area contributed by atoms with Crippen molar-refractivity contribution in [1.29, 1.82) is 0 Å². The summed E-state index contributed by atoms with van der Waals surface area (Å²) in [5, 5.41) is 4.73. The molecule has 0 saturated carbocycles. The Morgan fingerprint density at radius 3 is 2.07 bits per heavy atom. The highest BCUT2D eigenvalue weighted by atomic mass is 14.9. The summed E-state index contributed by atoms with van der Waals surface area (Å²) in [5.74, 6) is 1.62. The molecule has 0 saturated heterocycles. The normalized spacial score (nSPS) is 12.5. The molecule has 1 aromatic heterocycles. The molecule has 0 bridgehead atoms. The van der Waals surface area contributed by atoms with Gasteiger partial charge in [0.1, 0.15) is 7.05 Å². The fourth-order valence-electron chi connectivity index (χ4n) is 5.18. The van der Waals surface area contributed by atoms with Gasteiger partial charge in [-0.2, -0.15) is 4.57 Å². The third-order valence-electron chi connectivity index (χ3n) is 6.62. The first-order chi connectivity index (χ1) is 14.7. The molecule has 0 N–H and O–H groups in total. The van der Waals surface area contributed by atoms with Crippen LogP contribution >= 0.6 is 0 Å². The van der Waals surface area contributed by atoms with Crippen molar-refractivity contribution in [2.45, 2.75) is 47.5 Å². The second-order valence-electron chi connectivity index (χ2n) is 9.45. The van der Waals surface area contributed by atoms with Crippen molar-refractivity contribution in [3.8, 4) is 11.3 Å². The van der Waals surface area contributed by atoms with Crippen LogP contribution < -0.4 is 4.57 Å². The minimum atomic E-state index is 0.490. The summed E-state index contributed by atoms with van der Waals surface area (Å²) in [6.07, 6.45) is 0. The first kappa shape index (κ1) is 19.3. The van der Waals surface area contributed by atoms with Crippen LogP contribution in [0.5, 0.6) is 0 Å². The highest BCUT2D eigenvalue weighted by Gasteiger charge is 2.23. The van der Waals surface area contributed by atoms with Gasteiger partial charge in [-0.05, 0) is 64.1 Å². The van der Waals surface area contributed by atoms with E-state index in [9.17, 15) is 0 Å². The molecule has 0 radical (unpaired) electrons. The second-order valence-corrected chi connectivity index (χ2v) is 9.45. The molecule has 0 fully saturated rings. The molecule has 1 heteroatoms. The summed E-state index contributed by atoms with van der Waals surface area (Å²) >= 11 is 0. The number of rotatable bonds is 4. The van der Waals surface area contributed by atoms with Crippen LogP contribution in [0.15, 0.2) is 60.6 Å². The monoisotopic (exact) mass is 397 g/mol. The van der Waals surface area contributed by atoms with Crippen molar-refractivity contribution in [2.24, 2.45) is 18.9 Å². The average molecular weight is 398 g/mol. The first-order valence-electron chi connectivity index (χ1n) is 11.6. The smallest absolute Gasteiger partial charge is 0.198 e. The van der Waals surface area contributed by atoms with Crippen LogP contribution in [0.3, 0.4) is 0 Å². The SMILES string of the molecule is [2H]c1c(C)[n+](C)c(-c2cc3ccccc3cc2C)c2ccc(C(C(C)C)C(C)C)cc12. The molecule has 154 valence electrons. The fraction of sp³-hybridized carbons (Fsp3) is 0.345. The van der Waals surface area contributed by atoms with Crippen LogP contribution in [0.4, 0.5) is 0 Å². The van der Waals surface area contributed by atoms with Gasteiger partial charge in [-0.3, -0.25) is 0 Å². The van der Waals surface area contributed by atoms with Crippen LogP contribution in [0.1, 0.15) is 51.8 Å². The van der Waals surface area contributed by atoms with Gasteiger partial charge in [0.05, 0.1) is 12.3 Å². The van der Waals surface area contributed by atoms with Crippen LogP contribution in [0, 0.1) is 25.7 Å². The maximum Gasteiger partial charge on any atom is 0.220 e. The summed E-state index contributed by atoms with van der Waals surface area (Å²) < 4.78 is 11.1. The van der Waals surface area contributed by atoms with E-state index in [4.69, 9.17) is 1.37 Å². The summed E-state index contributed by atoms with van der Waals surface area (Å²) in [4.78, 5) is 0. The highest BCUT2D eigenvalue weighted by molar-refractivity contribution is 5.97. The Kier molecular flexibility index (Phi) is 5.06. The average Bonchev–Trinajstić information content (AvgIpc) is 2.72. The molecule has 0 unspecified atom stereocenters. The first-order valence-corrected chi connectivity index (χ1v) is 11.1. The molecule has 30 heavy (non-hydrogen) atoms. The van der Waals surface area contributed by atoms with Crippen molar-refractivity contribution < 1.29 is 5.94 Å². The number of pyridine rings is 1. The lowest BCUT2D eigenvalue weighted by Gasteiger charge is -2.25. The summed E-state index contributed by atoms with van der Waals surface area (Å²) in [5.41, 5.74) is 6.05. The molecule has 4 aromatic rings. The number of benzene rings is 3. The third-order valence-corrected chi connectivity index (χ3v) is 6.62. The number of hydrogen-bond donors (Lipinski definition) is 0. The van der Waals surface area contributed by atoms with Crippen molar-refractivity contribution in [3.05, 3.63) is 77.5 Å². The largest absolute Gasteiger partial charge is 0.220 e. The van der Waals surface area contributed by atoms with Crippen LogP contribution in [-0.2, 0) is 7.05 Å². The number of aryl methyl sites for hydroxylation is 1. The van der Waals surface area contributed by atoms with Crippen molar-refractivity contribution in [2.75, 3.05) is 0 Å². The quantitative estimate of drug-likeness (QED) is 0.314. The fourth-order valence-corrected chi connectivity index (χ4v) is 5.18. The molecule has 3 aromatic carbocycles. The van der Waals surface area contributed by atoms with Gasteiger partial charge in [-0.1, -0.05) is 70.2 Å². The maximum absolute atomic E-state index is 8.90. The highest BCUT2D eigenvalue weighted by Crippen LogP contribution is 2.36. The molecule has 0 aliphatic rings. The Balaban J connectivity index is 2.04. The molecular formula is C29H34N+. The Labute approximate surface area is 182 Å². The molecule has 0 aliphatic carbocycles. The van der Waals surface area contributed by atoms with E-state index < -0.39 is 0 Å². The van der Waals surface area contributed by atoms with Gasteiger partial charge in [0.15, 0.2) is 5.69 Å². The molecule has 0 aliphatic heterocycles. The van der Waals surface area contributed by atoms with Gasteiger partial charge in [0.2, 0.25) is 5.69 Å². The van der Waals surface area contributed by atoms with Gasteiger partial charge in [-0.15, -0.1) is 0 Å². The molecular weight excluding hydrogens is 362 g/mol. The van der Waals surface area contributed by atoms with Crippen molar-refractivity contribution in [1.82, 2.24) is 0 Å². The third kappa shape index (κ3) is 3.51. The minimum Gasteiger partial charge on any atom is -0.198 e. The van der Waals surface area contributed by atoms with Crippen LogP contribution in [0.2, 0.25) is 0 Å². The van der Waals surface area contributed by atoms with E-state index >= 15 is 0 Å². The van der Waals surface area contributed by atoms with E-state index in [-0.39, 0.29) is 0 Å². The van der Waals surface area contributed by atoms with E-state index in [1.165, 1.54) is 33.2 Å². The zero-order valence-corrected chi connectivity index (χ0v) is 19.4. The topological polar surface area (TPSA) is 3.88 Å². The lowest BCUT2D eigenvalue weighted by atomic mass is 9.79. The van der Waals surface area contributed by atoms with Gasteiger partial charge in [-0.25, -0.2) is 0 Å². The molecule has 1 heterocycles. The van der Waals surface area contributed by atoms with Crippen LogP contribution in [-0.4, -0.2) is 0 Å². The summed E-state index contributed by atoms with van der Waals surface area (Å²) in [6.45, 7) is 13.5. The molecule has 0 spiro atoms. The summed E-state index contributed by atoms with van der Waals surface area (Å²) in [7, 11) is 2.09. The van der Waals surface area contributed by atoms with Crippen molar-refractivity contribution >= 4 is 21.5 Å². The van der Waals surface area contributed by atoms with E-state index in [1.54, 1.807) is 0 Å². The van der Waals surface area contributed by atoms with E-state index in [2.05, 4.69) is 108 Å². The van der Waals surface area contributed by atoms with E-state index in [1.807, 2.05) is 0 Å². The molecule has 0 atom stereocenters.